The van der Waals surface area contributed by atoms with Gasteiger partial charge in [-0.15, -0.1) is 5.10 Å². The molecule has 1 unspecified atom stereocenters. The SMILES string of the molecule is Nc1cccc(-c2cn(C[C@H]3C[C@@H]4CCN3C[C@@H]4C(=O)NCc3ccccc3)nn2)c1. The Kier molecular flexibility index (Phi) is 5.42. The summed E-state index contributed by atoms with van der Waals surface area (Å²) in [6, 6.07) is 18.2. The molecule has 3 saturated heterocycles. The topological polar surface area (TPSA) is 89.1 Å². The van der Waals surface area contributed by atoms with Crippen LogP contribution in [0.1, 0.15) is 18.4 Å². The number of benzene rings is 2. The number of piperidine rings is 3. The standard InChI is InChI=1S/C24H28N6O/c25-20-8-4-7-19(11-20)23-16-30(28-27-23)14-21-12-18-9-10-29(21)15-22(18)24(31)26-13-17-5-2-1-3-6-17/h1-8,11,16,18,21-22H,9-10,12-15,25H2,(H,26,31)/t18-,21+,22-/m0/s1. The van der Waals surface area contributed by atoms with Crippen LogP contribution >= 0.6 is 0 Å². The smallest absolute Gasteiger partial charge is 0.224 e. The van der Waals surface area contributed by atoms with E-state index in [2.05, 4.69) is 20.5 Å². The van der Waals surface area contributed by atoms with E-state index in [9.17, 15) is 4.79 Å². The maximum absolute atomic E-state index is 12.8. The van der Waals surface area contributed by atoms with Gasteiger partial charge < -0.3 is 11.1 Å². The second-order valence-electron chi connectivity index (χ2n) is 8.69. The van der Waals surface area contributed by atoms with Crippen molar-refractivity contribution in [2.75, 3.05) is 18.8 Å². The van der Waals surface area contributed by atoms with Gasteiger partial charge in [0.2, 0.25) is 5.91 Å². The molecule has 2 bridgehead atoms. The van der Waals surface area contributed by atoms with Gasteiger partial charge in [0.05, 0.1) is 18.7 Å². The largest absolute Gasteiger partial charge is 0.399 e. The summed E-state index contributed by atoms with van der Waals surface area (Å²) in [4.78, 5) is 15.3. The molecule has 1 amide bonds. The molecule has 6 rings (SSSR count). The van der Waals surface area contributed by atoms with E-state index in [4.69, 9.17) is 5.73 Å². The fourth-order valence-corrected chi connectivity index (χ4v) is 4.98. The molecule has 4 heterocycles. The molecule has 0 radical (unpaired) electrons. The molecule has 31 heavy (non-hydrogen) atoms. The van der Waals surface area contributed by atoms with E-state index in [-0.39, 0.29) is 11.8 Å². The van der Waals surface area contributed by atoms with E-state index in [1.807, 2.05) is 65.5 Å². The number of rotatable bonds is 6. The normalized spacial score (nSPS) is 24.8. The van der Waals surface area contributed by atoms with Crippen molar-refractivity contribution in [3.8, 4) is 11.3 Å². The Morgan fingerprint density at radius 1 is 1.16 bits per heavy atom. The van der Waals surface area contributed by atoms with Crippen molar-refractivity contribution < 1.29 is 4.79 Å². The van der Waals surface area contributed by atoms with Gasteiger partial charge in [-0.3, -0.25) is 14.4 Å². The fourth-order valence-electron chi connectivity index (χ4n) is 4.98. The van der Waals surface area contributed by atoms with Crippen LogP contribution in [0.4, 0.5) is 5.69 Å². The summed E-state index contributed by atoms with van der Waals surface area (Å²) < 4.78 is 1.92. The van der Waals surface area contributed by atoms with Crippen LogP contribution in [0.25, 0.3) is 11.3 Å². The van der Waals surface area contributed by atoms with E-state index in [1.165, 1.54) is 0 Å². The number of amides is 1. The molecule has 3 N–H and O–H groups in total. The maximum atomic E-state index is 12.8. The minimum absolute atomic E-state index is 0.0762. The highest BCUT2D eigenvalue weighted by Crippen LogP contribution is 2.37. The third kappa shape index (κ3) is 4.32. The molecule has 0 spiro atoms. The van der Waals surface area contributed by atoms with E-state index in [0.717, 1.165) is 55.0 Å². The molecule has 7 nitrogen and oxygen atoms in total. The predicted molar refractivity (Wildman–Crippen MR) is 120 cm³/mol. The Labute approximate surface area is 182 Å². The lowest BCUT2D eigenvalue weighted by Crippen LogP contribution is -2.57. The second-order valence-corrected chi connectivity index (χ2v) is 8.69. The van der Waals surface area contributed by atoms with Gasteiger partial charge >= 0.3 is 0 Å². The van der Waals surface area contributed by atoms with Gasteiger partial charge in [0.15, 0.2) is 0 Å². The molecule has 3 aromatic rings. The van der Waals surface area contributed by atoms with Crippen LogP contribution in [-0.2, 0) is 17.9 Å². The fraction of sp³-hybridized carbons (Fsp3) is 0.375. The molecule has 3 aliphatic heterocycles. The maximum Gasteiger partial charge on any atom is 0.224 e. The molecular formula is C24H28N6O. The van der Waals surface area contributed by atoms with Gasteiger partial charge in [0.1, 0.15) is 5.69 Å². The Morgan fingerprint density at radius 2 is 2.03 bits per heavy atom. The Balaban J connectivity index is 1.19. The highest BCUT2D eigenvalue weighted by molar-refractivity contribution is 5.79. The first kappa shape index (κ1) is 19.8. The number of carbonyl (C=O) groups excluding carboxylic acids is 1. The zero-order valence-corrected chi connectivity index (χ0v) is 17.5. The van der Waals surface area contributed by atoms with Crippen LogP contribution in [0.5, 0.6) is 0 Å². The van der Waals surface area contributed by atoms with Crippen LogP contribution in [0.2, 0.25) is 0 Å². The van der Waals surface area contributed by atoms with Crippen LogP contribution in [-0.4, -0.2) is 44.9 Å². The summed E-state index contributed by atoms with van der Waals surface area (Å²) in [5, 5.41) is 11.8. The van der Waals surface area contributed by atoms with E-state index in [0.29, 0.717) is 18.5 Å². The van der Waals surface area contributed by atoms with Crippen molar-refractivity contribution in [1.29, 1.82) is 0 Å². The number of carbonyl (C=O) groups is 1. The first-order valence-corrected chi connectivity index (χ1v) is 11.0. The molecule has 160 valence electrons. The highest BCUT2D eigenvalue weighted by Gasteiger charge is 2.43. The molecule has 3 aliphatic rings. The van der Waals surface area contributed by atoms with E-state index in [1.54, 1.807) is 0 Å². The molecule has 0 aliphatic carbocycles. The number of hydrogen-bond acceptors (Lipinski definition) is 5. The Hall–Kier alpha value is -3.19. The number of aromatic nitrogens is 3. The molecule has 2 aromatic carbocycles. The second kappa shape index (κ2) is 8.51. The number of fused-ring (bicyclic) bond motifs is 3. The predicted octanol–water partition coefficient (Wildman–Crippen LogP) is 2.55. The van der Waals surface area contributed by atoms with Crippen LogP contribution < -0.4 is 11.1 Å². The van der Waals surface area contributed by atoms with Gasteiger partial charge in [0.25, 0.3) is 0 Å². The summed E-state index contributed by atoms with van der Waals surface area (Å²) in [6.07, 6.45) is 4.10. The number of anilines is 1. The molecular weight excluding hydrogens is 388 g/mol. The number of nitrogens with zero attached hydrogens (tertiary/aromatic N) is 4. The van der Waals surface area contributed by atoms with Gasteiger partial charge in [-0.1, -0.05) is 47.7 Å². The zero-order chi connectivity index (χ0) is 21.2. The zero-order valence-electron chi connectivity index (χ0n) is 17.5. The minimum Gasteiger partial charge on any atom is -0.399 e. The number of nitrogen functional groups attached to an aromatic ring is 1. The lowest BCUT2D eigenvalue weighted by molar-refractivity contribution is -0.133. The number of nitrogens with two attached hydrogens (primary N) is 1. The number of nitrogens with one attached hydrogen (secondary N) is 1. The Morgan fingerprint density at radius 3 is 2.81 bits per heavy atom. The van der Waals surface area contributed by atoms with E-state index >= 15 is 0 Å². The average Bonchev–Trinajstić information content (AvgIpc) is 3.27. The average molecular weight is 417 g/mol. The van der Waals surface area contributed by atoms with E-state index < -0.39 is 0 Å². The van der Waals surface area contributed by atoms with Crippen molar-refractivity contribution in [3.63, 3.8) is 0 Å². The van der Waals surface area contributed by atoms with Gasteiger partial charge in [-0.25, -0.2) is 0 Å². The van der Waals surface area contributed by atoms with Crippen LogP contribution in [0.15, 0.2) is 60.8 Å². The highest BCUT2D eigenvalue weighted by atomic mass is 16.1. The van der Waals surface area contributed by atoms with Crippen molar-refractivity contribution in [2.24, 2.45) is 11.8 Å². The van der Waals surface area contributed by atoms with Gasteiger partial charge in [-0.05, 0) is 43.0 Å². The first-order valence-electron chi connectivity index (χ1n) is 11.0. The lowest BCUT2D eigenvalue weighted by Gasteiger charge is -2.49. The minimum atomic E-state index is 0.0762. The van der Waals surface area contributed by atoms with Crippen molar-refractivity contribution in [2.45, 2.75) is 32.0 Å². The van der Waals surface area contributed by atoms with Crippen molar-refractivity contribution >= 4 is 11.6 Å². The Bertz CT molecular complexity index is 1050. The van der Waals surface area contributed by atoms with Crippen LogP contribution in [0, 0.1) is 11.8 Å². The molecule has 1 aromatic heterocycles. The molecule has 4 atom stereocenters. The molecule has 7 heteroatoms. The van der Waals surface area contributed by atoms with Crippen LogP contribution in [0.3, 0.4) is 0 Å². The third-order valence-corrected chi connectivity index (χ3v) is 6.64. The monoisotopic (exact) mass is 416 g/mol. The van der Waals surface area contributed by atoms with Gasteiger partial charge in [0, 0.05) is 30.4 Å². The van der Waals surface area contributed by atoms with Crippen molar-refractivity contribution in [1.82, 2.24) is 25.2 Å². The first-order chi connectivity index (χ1) is 15.2. The summed E-state index contributed by atoms with van der Waals surface area (Å²) >= 11 is 0. The molecule has 0 saturated carbocycles. The molecule has 3 fully saturated rings. The lowest BCUT2D eigenvalue weighted by atomic mass is 9.75. The summed E-state index contributed by atoms with van der Waals surface area (Å²) in [6.45, 7) is 3.27. The summed E-state index contributed by atoms with van der Waals surface area (Å²) in [7, 11) is 0. The number of hydrogen-bond donors (Lipinski definition) is 2. The quantitative estimate of drug-likeness (QED) is 0.603. The third-order valence-electron chi connectivity index (χ3n) is 6.64. The summed E-state index contributed by atoms with van der Waals surface area (Å²) in [5.41, 5.74) is 9.56. The van der Waals surface area contributed by atoms with Crippen molar-refractivity contribution in [3.05, 3.63) is 66.4 Å². The summed E-state index contributed by atoms with van der Waals surface area (Å²) in [5.74, 6) is 0.691. The van der Waals surface area contributed by atoms with Gasteiger partial charge in [-0.2, -0.15) is 0 Å².